The summed E-state index contributed by atoms with van der Waals surface area (Å²) in [6.45, 7) is 2.19. The number of methoxy groups -OCH3 is 3. The molecule has 0 saturated carbocycles. The van der Waals surface area contributed by atoms with Gasteiger partial charge < -0.3 is 24.7 Å². The SMILES string of the molecule is CCOCC(=O)Nc1ncc(Cc2cc(OC)c(OC)c(OC)c2)c(N)n1. The summed E-state index contributed by atoms with van der Waals surface area (Å²) in [4.78, 5) is 19.9. The standard InChI is InChI=1S/C18H24N4O5/c1-5-27-10-15(23)21-18-20-9-12(17(19)22-18)6-11-7-13(24-2)16(26-4)14(8-11)25-3/h7-9H,5-6,10H2,1-4H3,(H3,19,20,21,22,23). The van der Waals surface area contributed by atoms with Crippen LogP contribution < -0.4 is 25.3 Å². The number of amides is 1. The molecular formula is C18H24N4O5. The summed E-state index contributed by atoms with van der Waals surface area (Å²) in [6.07, 6.45) is 2.03. The van der Waals surface area contributed by atoms with Crippen LogP contribution in [0.2, 0.25) is 0 Å². The fraction of sp³-hybridized carbons (Fsp3) is 0.389. The van der Waals surface area contributed by atoms with Crippen molar-refractivity contribution in [1.82, 2.24) is 9.97 Å². The van der Waals surface area contributed by atoms with E-state index in [1.54, 1.807) is 34.4 Å². The van der Waals surface area contributed by atoms with Crippen molar-refractivity contribution in [2.75, 3.05) is 45.6 Å². The van der Waals surface area contributed by atoms with Crippen LogP contribution in [0.3, 0.4) is 0 Å². The zero-order valence-electron chi connectivity index (χ0n) is 15.9. The Kier molecular flexibility index (Phi) is 7.18. The Morgan fingerprint density at radius 3 is 2.33 bits per heavy atom. The molecule has 0 saturated heterocycles. The third-order valence-electron chi connectivity index (χ3n) is 3.71. The van der Waals surface area contributed by atoms with Crippen molar-refractivity contribution in [2.24, 2.45) is 0 Å². The number of carbonyl (C=O) groups is 1. The van der Waals surface area contributed by atoms with Crippen molar-refractivity contribution in [3.05, 3.63) is 29.5 Å². The molecule has 0 spiro atoms. The molecular weight excluding hydrogens is 352 g/mol. The number of ether oxygens (including phenoxy) is 4. The van der Waals surface area contributed by atoms with Crippen molar-refractivity contribution in [2.45, 2.75) is 13.3 Å². The smallest absolute Gasteiger partial charge is 0.252 e. The molecule has 1 aromatic heterocycles. The summed E-state index contributed by atoms with van der Waals surface area (Å²) in [7, 11) is 4.65. The first-order valence-corrected chi connectivity index (χ1v) is 8.30. The van der Waals surface area contributed by atoms with E-state index in [0.717, 1.165) is 5.56 Å². The lowest BCUT2D eigenvalue weighted by Gasteiger charge is -2.14. The van der Waals surface area contributed by atoms with Gasteiger partial charge in [-0.05, 0) is 24.6 Å². The predicted octanol–water partition coefficient (Wildman–Crippen LogP) is 1.65. The number of benzene rings is 1. The van der Waals surface area contributed by atoms with Crippen molar-refractivity contribution in [3.8, 4) is 17.2 Å². The number of carbonyl (C=O) groups excluding carboxylic acids is 1. The number of anilines is 2. The second-order valence-corrected chi connectivity index (χ2v) is 5.50. The molecule has 1 heterocycles. The maximum atomic E-state index is 11.7. The molecule has 1 amide bonds. The number of nitrogens with one attached hydrogen (secondary N) is 1. The summed E-state index contributed by atoms with van der Waals surface area (Å²) in [6, 6.07) is 3.66. The minimum absolute atomic E-state index is 0.0625. The molecule has 2 rings (SSSR count). The first-order chi connectivity index (χ1) is 13.0. The van der Waals surface area contributed by atoms with Gasteiger partial charge in [-0.2, -0.15) is 4.98 Å². The molecule has 0 aliphatic rings. The fourth-order valence-electron chi connectivity index (χ4n) is 2.43. The van der Waals surface area contributed by atoms with Gasteiger partial charge in [0.15, 0.2) is 11.5 Å². The number of aromatic nitrogens is 2. The summed E-state index contributed by atoms with van der Waals surface area (Å²) in [5, 5.41) is 2.54. The monoisotopic (exact) mass is 376 g/mol. The molecule has 0 aliphatic heterocycles. The molecule has 3 N–H and O–H groups in total. The van der Waals surface area contributed by atoms with Gasteiger partial charge in [-0.15, -0.1) is 0 Å². The summed E-state index contributed by atoms with van der Waals surface area (Å²) >= 11 is 0. The Labute approximate surface area is 157 Å². The van der Waals surface area contributed by atoms with Gasteiger partial charge in [0, 0.05) is 24.8 Å². The highest BCUT2D eigenvalue weighted by Gasteiger charge is 2.15. The molecule has 27 heavy (non-hydrogen) atoms. The number of hydrogen-bond donors (Lipinski definition) is 2. The van der Waals surface area contributed by atoms with Gasteiger partial charge in [0.05, 0.1) is 21.3 Å². The second-order valence-electron chi connectivity index (χ2n) is 5.50. The van der Waals surface area contributed by atoms with Crippen LogP contribution in [0.25, 0.3) is 0 Å². The van der Waals surface area contributed by atoms with E-state index in [9.17, 15) is 4.79 Å². The second kappa shape index (κ2) is 9.58. The van der Waals surface area contributed by atoms with E-state index >= 15 is 0 Å². The van der Waals surface area contributed by atoms with Crippen molar-refractivity contribution < 1.29 is 23.7 Å². The maximum absolute atomic E-state index is 11.7. The third-order valence-corrected chi connectivity index (χ3v) is 3.71. The van der Waals surface area contributed by atoms with E-state index in [-0.39, 0.29) is 24.3 Å². The van der Waals surface area contributed by atoms with Gasteiger partial charge in [-0.1, -0.05) is 0 Å². The first kappa shape index (κ1) is 20.2. The van der Waals surface area contributed by atoms with Crippen LogP contribution in [0.5, 0.6) is 17.2 Å². The summed E-state index contributed by atoms with van der Waals surface area (Å²) in [5.74, 6) is 1.67. The van der Waals surface area contributed by atoms with Crippen LogP contribution in [-0.2, 0) is 16.0 Å². The highest BCUT2D eigenvalue weighted by atomic mass is 16.5. The lowest BCUT2D eigenvalue weighted by atomic mass is 10.1. The molecule has 0 radical (unpaired) electrons. The highest BCUT2D eigenvalue weighted by molar-refractivity contribution is 5.90. The van der Waals surface area contributed by atoms with Gasteiger partial charge in [0.2, 0.25) is 11.7 Å². The predicted molar refractivity (Wildman–Crippen MR) is 100 cm³/mol. The summed E-state index contributed by atoms with van der Waals surface area (Å²) in [5.41, 5.74) is 7.60. The Morgan fingerprint density at radius 1 is 1.15 bits per heavy atom. The van der Waals surface area contributed by atoms with Gasteiger partial charge in [-0.3, -0.25) is 10.1 Å². The third kappa shape index (κ3) is 5.20. The molecule has 0 unspecified atom stereocenters. The van der Waals surface area contributed by atoms with Crippen LogP contribution in [0, 0.1) is 0 Å². The number of nitrogen functional groups attached to an aromatic ring is 1. The maximum Gasteiger partial charge on any atom is 0.252 e. The van der Waals surface area contributed by atoms with E-state index in [0.29, 0.717) is 35.8 Å². The fourth-order valence-corrected chi connectivity index (χ4v) is 2.43. The average molecular weight is 376 g/mol. The van der Waals surface area contributed by atoms with Crippen molar-refractivity contribution >= 4 is 17.7 Å². The highest BCUT2D eigenvalue weighted by Crippen LogP contribution is 2.38. The van der Waals surface area contributed by atoms with Crippen LogP contribution in [0.15, 0.2) is 18.3 Å². The largest absolute Gasteiger partial charge is 0.493 e. The number of rotatable bonds is 9. The number of hydrogen-bond acceptors (Lipinski definition) is 8. The van der Waals surface area contributed by atoms with E-state index < -0.39 is 0 Å². The van der Waals surface area contributed by atoms with Crippen molar-refractivity contribution in [3.63, 3.8) is 0 Å². The Bertz CT molecular complexity index is 772. The van der Waals surface area contributed by atoms with Crippen LogP contribution >= 0.6 is 0 Å². The van der Waals surface area contributed by atoms with Gasteiger partial charge in [0.25, 0.3) is 5.91 Å². The van der Waals surface area contributed by atoms with Gasteiger partial charge in [0.1, 0.15) is 12.4 Å². The molecule has 1 aromatic carbocycles. The Hall–Kier alpha value is -3.07. The molecule has 0 atom stereocenters. The summed E-state index contributed by atoms with van der Waals surface area (Å²) < 4.78 is 21.1. The van der Waals surface area contributed by atoms with Crippen molar-refractivity contribution in [1.29, 1.82) is 0 Å². The van der Waals surface area contributed by atoms with E-state index in [2.05, 4.69) is 15.3 Å². The lowest BCUT2D eigenvalue weighted by Crippen LogP contribution is -2.20. The topological polar surface area (TPSA) is 118 Å². The normalized spacial score (nSPS) is 10.4. The number of nitrogens with zero attached hydrogens (tertiary/aromatic N) is 2. The lowest BCUT2D eigenvalue weighted by molar-refractivity contribution is -0.120. The zero-order chi connectivity index (χ0) is 19.8. The average Bonchev–Trinajstić information content (AvgIpc) is 2.67. The Balaban J connectivity index is 2.19. The minimum Gasteiger partial charge on any atom is -0.493 e. The van der Waals surface area contributed by atoms with Crippen LogP contribution in [-0.4, -0.2) is 50.4 Å². The molecule has 9 nitrogen and oxygen atoms in total. The minimum atomic E-state index is -0.339. The molecule has 0 fully saturated rings. The Morgan fingerprint density at radius 2 is 1.81 bits per heavy atom. The van der Waals surface area contributed by atoms with Crippen LogP contribution in [0.1, 0.15) is 18.1 Å². The van der Waals surface area contributed by atoms with E-state index in [1.807, 2.05) is 12.1 Å². The quantitative estimate of drug-likeness (QED) is 0.678. The van der Waals surface area contributed by atoms with Crippen LogP contribution in [0.4, 0.5) is 11.8 Å². The van der Waals surface area contributed by atoms with E-state index in [4.69, 9.17) is 24.7 Å². The molecule has 146 valence electrons. The van der Waals surface area contributed by atoms with E-state index in [1.165, 1.54) is 0 Å². The molecule has 0 aliphatic carbocycles. The zero-order valence-corrected chi connectivity index (χ0v) is 15.9. The molecule has 2 aromatic rings. The van der Waals surface area contributed by atoms with Gasteiger partial charge >= 0.3 is 0 Å². The molecule has 9 heteroatoms. The number of nitrogens with two attached hydrogens (primary N) is 1. The van der Waals surface area contributed by atoms with Gasteiger partial charge in [-0.25, -0.2) is 4.98 Å². The first-order valence-electron chi connectivity index (χ1n) is 8.30. The molecule has 0 bridgehead atoms.